The zero-order valence-corrected chi connectivity index (χ0v) is 12.5. The van der Waals surface area contributed by atoms with Gasteiger partial charge in [-0.05, 0) is 24.6 Å². The number of hydrogen-bond acceptors (Lipinski definition) is 4. The van der Waals surface area contributed by atoms with Gasteiger partial charge in [-0.3, -0.25) is 14.9 Å². The molecule has 0 fully saturated rings. The standard InChI is InChI=1S/C17H15N3O3/c1-13(11-12-14-7-3-2-4-8-14)18-19-17(21)15-9-5-6-10-16(15)20(22)23/h2-12H,1H3,(H,19,21). The number of para-hydroxylation sites is 1. The van der Waals surface area contributed by atoms with Gasteiger partial charge >= 0.3 is 0 Å². The van der Waals surface area contributed by atoms with Crippen LogP contribution in [-0.4, -0.2) is 16.5 Å². The van der Waals surface area contributed by atoms with E-state index in [1.165, 1.54) is 18.2 Å². The largest absolute Gasteiger partial charge is 0.282 e. The number of amides is 1. The van der Waals surface area contributed by atoms with Crippen LogP contribution in [-0.2, 0) is 0 Å². The molecule has 2 aromatic carbocycles. The molecule has 2 aromatic rings. The second-order valence-electron chi connectivity index (χ2n) is 4.71. The first-order valence-corrected chi connectivity index (χ1v) is 6.89. The molecule has 0 unspecified atom stereocenters. The summed E-state index contributed by atoms with van der Waals surface area (Å²) in [6, 6.07) is 15.4. The number of nitro benzene ring substituents is 1. The molecule has 116 valence electrons. The number of allylic oxidation sites excluding steroid dienone is 1. The Kier molecular flexibility index (Phi) is 5.35. The first-order chi connectivity index (χ1) is 11.1. The van der Waals surface area contributed by atoms with E-state index in [2.05, 4.69) is 10.5 Å². The molecule has 2 rings (SSSR count). The average Bonchev–Trinajstić information content (AvgIpc) is 2.58. The second kappa shape index (κ2) is 7.65. The van der Waals surface area contributed by atoms with Gasteiger partial charge in [-0.2, -0.15) is 5.10 Å². The van der Waals surface area contributed by atoms with Crippen LogP contribution >= 0.6 is 0 Å². The summed E-state index contributed by atoms with van der Waals surface area (Å²) < 4.78 is 0. The summed E-state index contributed by atoms with van der Waals surface area (Å²) in [5.74, 6) is -0.621. The minimum absolute atomic E-state index is 0.0268. The number of nitrogens with one attached hydrogen (secondary N) is 1. The number of carbonyl (C=O) groups is 1. The Morgan fingerprint density at radius 1 is 1.13 bits per heavy atom. The van der Waals surface area contributed by atoms with Gasteiger partial charge in [0.25, 0.3) is 11.6 Å². The van der Waals surface area contributed by atoms with Crippen molar-refractivity contribution in [2.24, 2.45) is 5.10 Å². The first-order valence-electron chi connectivity index (χ1n) is 6.89. The highest BCUT2D eigenvalue weighted by molar-refractivity contribution is 6.00. The smallest absolute Gasteiger partial charge is 0.267 e. The molecule has 1 amide bonds. The Labute approximate surface area is 133 Å². The monoisotopic (exact) mass is 309 g/mol. The Morgan fingerprint density at radius 3 is 2.48 bits per heavy atom. The second-order valence-corrected chi connectivity index (χ2v) is 4.71. The van der Waals surface area contributed by atoms with E-state index in [1.807, 2.05) is 36.4 Å². The molecule has 1 N–H and O–H groups in total. The van der Waals surface area contributed by atoms with E-state index in [4.69, 9.17) is 0 Å². The van der Waals surface area contributed by atoms with E-state index >= 15 is 0 Å². The quantitative estimate of drug-likeness (QED) is 0.522. The van der Waals surface area contributed by atoms with E-state index in [1.54, 1.807) is 19.1 Å². The van der Waals surface area contributed by atoms with Gasteiger partial charge in [0.15, 0.2) is 0 Å². The van der Waals surface area contributed by atoms with Crippen LogP contribution in [0.5, 0.6) is 0 Å². The fourth-order valence-electron chi connectivity index (χ4n) is 1.84. The van der Waals surface area contributed by atoms with E-state index in [0.29, 0.717) is 5.71 Å². The molecule has 0 atom stereocenters. The van der Waals surface area contributed by atoms with Gasteiger partial charge in [0, 0.05) is 6.07 Å². The van der Waals surface area contributed by atoms with E-state index in [0.717, 1.165) is 5.56 Å². The average molecular weight is 309 g/mol. The summed E-state index contributed by atoms with van der Waals surface area (Å²) in [6.45, 7) is 1.72. The summed E-state index contributed by atoms with van der Waals surface area (Å²) in [4.78, 5) is 22.3. The number of nitrogens with zero attached hydrogens (tertiary/aromatic N) is 2. The number of benzene rings is 2. The lowest BCUT2D eigenvalue weighted by Crippen LogP contribution is -2.19. The van der Waals surface area contributed by atoms with Crippen LogP contribution < -0.4 is 5.43 Å². The molecule has 0 saturated carbocycles. The zero-order chi connectivity index (χ0) is 16.7. The predicted octanol–water partition coefficient (Wildman–Crippen LogP) is 3.41. The minimum atomic E-state index is -0.621. The van der Waals surface area contributed by atoms with Gasteiger partial charge < -0.3 is 0 Å². The molecule has 6 nitrogen and oxygen atoms in total. The number of nitro groups is 1. The van der Waals surface area contributed by atoms with Gasteiger partial charge in [0.1, 0.15) is 5.56 Å². The van der Waals surface area contributed by atoms with Crippen molar-refractivity contribution in [2.75, 3.05) is 0 Å². The maximum Gasteiger partial charge on any atom is 0.282 e. The molecular weight excluding hydrogens is 294 g/mol. The fourth-order valence-corrected chi connectivity index (χ4v) is 1.84. The molecule has 6 heteroatoms. The van der Waals surface area contributed by atoms with Crippen molar-refractivity contribution in [3.63, 3.8) is 0 Å². The maximum atomic E-state index is 12.0. The van der Waals surface area contributed by atoms with Crippen LogP contribution in [0.15, 0.2) is 65.8 Å². The van der Waals surface area contributed by atoms with Gasteiger partial charge in [-0.25, -0.2) is 5.43 Å². The summed E-state index contributed by atoms with van der Waals surface area (Å²) in [5, 5.41) is 14.8. The first kappa shape index (κ1) is 16.1. The number of hydrazone groups is 1. The topological polar surface area (TPSA) is 84.6 Å². The number of carbonyl (C=O) groups excluding carboxylic acids is 1. The highest BCUT2D eigenvalue weighted by atomic mass is 16.6. The zero-order valence-electron chi connectivity index (χ0n) is 12.5. The molecule has 0 spiro atoms. The van der Waals surface area contributed by atoms with Gasteiger partial charge in [0.2, 0.25) is 0 Å². The van der Waals surface area contributed by atoms with Crippen molar-refractivity contribution in [1.82, 2.24) is 5.43 Å². The third kappa shape index (κ3) is 4.60. The van der Waals surface area contributed by atoms with Crippen molar-refractivity contribution in [3.05, 3.63) is 81.9 Å². The van der Waals surface area contributed by atoms with Crippen molar-refractivity contribution >= 4 is 23.4 Å². The molecule has 0 bridgehead atoms. The Morgan fingerprint density at radius 2 is 1.78 bits per heavy atom. The maximum absolute atomic E-state index is 12.0. The lowest BCUT2D eigenvalue weighted by molar-refractivity contribution is -0.385. The van der Waals surface area contributed by atoms with Crippen LogP contribution in [0.4, 0.5) is 5.69 Å². The SMILES string of the molecule is CC(C=Cc1ccccc1)=NNC(=O)c1ccccc1[N+](=O)[O-]. The molecule has 0 aliphatic heterocycles. The van der Waals surface area contributed by atoms with Crippen molar-refractivity contribution in [2.45, 2.75) is 6.92 Å². The highest BCUT2D eigenvalue weighted by Gasteiger charge is 2.18. The molecule has 0 heterocycles. The van der Waals surface area contributed by atoms with Crippen molar-refractivity contribution < 1.29 is 9.72 Å². The van der Waals surface area contributed by atoms with Crippen LogP contribution in [0.25, 0.3) is 6.08 Å². The van der Waals surface area contributed by atoms with Gasteiger partial charge in [-0.15, -0.1) is 0 Å². The molecule has 0 radical (unpaired) electrons. The van der Waals surface area contributed by atoms with Crippen LogP contribution in [0, 0.1) is 10.1 Å². The van der Waals surface area contributed by atoms with E-state index in [9.17, 15) is 14.9 Å². The molecule has 0 aromatic heterocycles. The Balaban J connectivity index is 2.06. The van der Waals surface area contributed by atoms with Crippen molar-refractivity contribution in [3.8, 4) is 0 Å². The number of hydrogen-bond donors (Lipinski definition) is 1. The third-order valence-corrected chi connectivity index (χ3v) is 3.00. The summed E-state index contributed by atoms with van der Waals surface area (Å²) in [5.41, 5.74) is 3.62. The van der Waals surface area contributed by atoms with Gasteiger partial charge in [-0.1, -0.05) is 48.5 Å². The molecule has 0 aliphatic rings. The normalized spacial score (nSPS) is 11.4. The molecule has 0 saturated heterocycles. The summed E-state index contributed by atoms with van der Waals surface area (Å²) >= 11 is 0. The summed E-state index contributed by atoms with van der Waals surface area (Å²) in [7, 11) is 0. The van der Waals surface area contributed by atoms with E-state index < -0.39 is 10.8 Å². The van der Waals surface area contributed by atoms with Crippen LogP contribution in [0.3, 0.4) is 0 Å². The fraction of sp³-hybridized carbons (Fsp3) is 0.0588. The number of rotatable bonds is 5. The van der Waals surface area contributed by atoms with Crippen molar-refractivity contribution in [1.29, 1.82) is 0 Å². The van der Waals surface area contributed by atoms with Crippen LogP contribution in [0.1, 0.15) is 22.8 Å². The highest BCUT2D eigenvalue weighted by Crippen LogP contribution is 2.17. The van der Waals surface area contributed by atoms with Crippen LogP contribution in [0.2, 0.25) is 0 Å². The van der Waals surface area contributed by atoms with Gasteiger partial charge in [0.05, 0.1) is 10.6 Å². The Hall–Kier alpha value is -3.28. The summed E-state index contributed by atoms with van der Waals surface area (Å²) in [6.07, 6.45) is 3.60. The molecular formula is C17H15N3O3. The minimum Gasteiger partial charge on any atom is -0.267 e. The Bertz CT molecular complexity index is 768. The lowest BCUT2D eigenvalue weighted by Gasteiger charge is -2.01. The molecule has 23 heavy (non-hydrogen) atoms. The van der Waals surface area contributed by atoms with E-state index in [-0.39, 0.29) is 11.3 Å². The predicted molar refractivity (Wildman–Crippen MR) is 89.1 cm³/mol. The molecule has 0 aliphatic carbocycles. The third-order valence-electron chi connectivity index (χ3n) is 3.00. The lowest BCUT2D eigenvalue weighted by atomic mass is 10.2.